The number of carbonyl (C=O) groups excluding carboxylic acids is 1. The monoisotopic (exact) mass is 417 g/mol. The molecule has 1 aromatic heterocycles. The van der Waals surface area contributed by atoms with Crippen LogP contribution < -0.4 is 15.5 Å². The Kier molecular flexibility index (Phi) is 6.31. The molecule has 0 spiro atoms. The third-order valence-corrected chi connectivity index (χ3v) is 5.29. The van der Waals surface area contributed by atoms with Gasteiger partial charge in [0.1, 0.15) is 11.6 Å². The van der Waals surface area contributed by atoms with Gasteiger partial charge in [-0.25, -0.2) is 9.78 Å². The average Bonchev–Trinajstić information content (AvgIpc) is 2.78. The molecule has 2 aliphatic rings. The topological polar surface area (TPSA) is 78.9 Å². The second-order valence-electron chi connectivity index (χ2n) is 7.84. The van der Waals surface area contributed by atoms with Crippen molar-refractivity contribution >= 4 is 17.9 Å². The Bertz CT molecular complexity index is 1020. The number of likely N-dealkylation sites (tertiary alicyclic amines) is 1. The first-order valence-electron chi connectivity index (χ1n) is 10.5. The Morgan fingerprint density at radius 1 is 1.19 bits per heavy atom. The van der Waals surface area contributed by atoms with Crippen molar-refractivity contribution in [3.63, 3.8) is 0 Å². The number of hydrogen-bond acceptors (Lipinski definition) is 5. The van der Waals surface area contributed by atoms with Gasteiger partial charge >= 0.3 is 6.03 Å². The van der Waals surface area contributed by atoms with E-state index in [1.165, 1.54) is 5.57 Å². The minimum absolute atomic E-state index is 0.0897. The number of hydrogen-bond donors (Lipinski definition) is 2. The maximum absolute atomic E-state index is 12.5. The van der Waals surface area contributed by atoms with Crippen molar-refractivity contribution < 1.29 is 9.53 Å². The first kappa shape index (κ1) is 20.7. The van der Waals surface area contributed by atoms with Crippen LogP contribution in [-0.2, 0) is 0 Å². The molecule has 0 unspecified atom stereocenters. The van der Waals surface area contributed by atoms with Crippen molar-refractivity contribution in [3.05, 3.63) is 71.6 Å². The summed E-state index contributed by atoms with van der Waals surface area (Å²) in [5.74, 6) is 2.00. The third-order valence-electron chi connectivity index (χ3n) is 5.29. The number of rotatable bonds is 3. The number of aryl methyl sites for hydroxylation is 1. The second kappa shape index (κ2) is 9.47. The molecule has 2 aromatic rings. The summed E-state index contributed by atoms with van der Waals surface area (Å²) < 4.78 is 5.87. The number of allylic oxidation sites excluding steroid dienone is 1. The normalized spacial score (nSPS) is 16.3. The van der Waals surface area contributed by atoms with Crippen LogP contribution >= 0.6 is 0 Å². The summed E-state index contributed by atoms with van der Waals surface area (Å²) in [6.07, 6.45) is 7.16. The Hall–Kier alpha value is -3.61. The highest BCUT2D eigenvalue weighted by Gasteiger charge is 2.21. The number of carbonyl (C=O) groups is 1. The summed E-state index contributed by atoms with van der Waals surface area (Å²) in [4.78, 5) is 18.6. The fourth-order valence-corrected chi connectivity index (χ4v) is 3.50. The highest BCUT2D eigenvalue weighted by atomic mass is 16.5. The highest BCUT2D eigenvalue weighted by Crippen LogP contribution is 2.24. The zero-order valence-electron chi connectivity index (χ0n) is 17.7. The number of hydrazone groups is 1. The zero-order chi connectivity index (χ0) is 21.6. The van der Waals surface area contributed by atoms with Gasteiger partial charge in [-0.2, -0.15) is 5.10 Å². The summed E-state index contributed by atoms with van der Waals surface area (Å²) in [5.41, 5.74) is 7.21. The largest absolute Gasteiger partial charge is 0.439 e. The molecular weight excluding hydrogens is 390 g/mol. The molecule has 1 saturated heterocycles. The predicted octanol–water partition coefficient (Wildman–Crippen LogP) is 4.58. The van der Waals surface area contributed by atoms with Crippen LogP contribution in [0.3, 0.4) is 0 Å². The van der Waals surface area contributed by atoms with Gasteiger partial charge < -0.3 is 9.64 Å². The maximum Gasteiger partial charge on any atom is 0.322 e. The summed E-state index contributed by atoms with van der Waals surface area (Å²) in [6.45, 7) is 7.21. The molecule has 160 valence electrons. The Morgan fingerprint density at radius 3 is 2.74 bits per heavy atom. The van der Waals surface area contributed by atoms with Crippen molar-refractivity contribution in [2.75, 3.05) is 13.1 Å². The molecule has 31 heavy (non-hydrogen) atoms. The van der Waals surface area contributed by atoms with E-state index in [1.54, 1.807) is 6.20 Å². The lowest BCUT2D eigenvalue weighted by molar-refractivity contribution is 0.199. The number of aromatic nitrogens is 1. The molecule has 2 amide bonds. The minimum atomic E-state index is -0.0897. The van der Waals surface area contributed by atoms with Crippen molar-refractivity contribution in [1.29, 1.82) is 0 Å². The summed E-state index contributed by atoms with van der Waals surface area (Å²) >= 11 is 0. The van der Waals surface area contributed by atoms with E-state index in [-0.39, 0.29) is 6.03 Å². The van der Waals surface area contributed by atoms with Gasteiger partial charge in [0, 0.05) is 37.5 Å². The van der Waals surface area contributed by atoms with Gasteiger partial charge in [0.2, 0.25) is 5.88 Å². The number of pyridine rings is 1. The van der Waals surface area contributed by atoms with Gasteiger partial charge in [-0.3, -0.25) is 10.7 Å². The van der Waals surface area contributed by atoms with Gasteiger partial charge in [-0.05, 0) is 49.4 Å². The van der Waals surface area contributed by atoms with Crippen LogP contribution in [0.25, 0.3) is 6.08 Å². The summed E-state index contributed by atoms with van der Waals surface area (Å²) in [5, 5.41) is 7.04. The van der Waals surface area contributed by atoms with E-state index >= 15 is 0 Å². The van der Waals surface area contributed by atoms with E-state index in [2.05, 4.69) is 39.5 Å². The third kappa shape index (κ3) is 5.72. The number of amidine groups is 1. The van der Waals surface area contributed by atoms with Crippen molar-refractivity contribution in [1.82, 2.24) is 20.6 Å². The van der Waals surface area contributed by atoms with Crippen molar-refractivity contribution in [3.8, 4) is 11.6 Å². The molecule has 0 bridgehead atoms. The SMILES string of the molecule is C=C1CCC(NC(=O)N2CCC(=Cc3cccc(Oc4ccc(C)cn4)c3)CC2)=NN1. The Morgan fingerprint density at radius 2 is 2.03 bits per heavy atom. The number of piperidine rings is 1. The first-order chi connectivity index (χ1) is 15.0. The quantitative estimate of drug-likeness (QED) is 0.766. The van der Waals surface area contributed by atoms with E-state index in [9.17, 15) is 4.79 Å². The smallest absolute Gasteiger partial charge is 0.322 e. The Balaban J connectivity index is 1.32. The van der Waals surface area contributed by atoms with Crippen molar-refractivity contribution in [2.45, 2.75) is 32.6 Å². The van der Waals surface area contributed by atoms with E-state index in [0.717, 1.165) is 41.8 Å². The van der Waals surface area contributed by atoms with Crippen LogP contribution in [0.15, 0.2) is 65.5 Å². The molecule has 4 rings (SSSR count). The molecular formula is C24H27N5O2. The summed E-state index contributed by atoms with van der Waals surface area (Å²) in [7, 11) is 0. The predicted molar refractivity (Wildman–Crippen MR) is 122 cm³/mol. The van der Waals surface area contributed by atoms with E-state index < -0.39 is 0 Å². The molecule has 0 radical (unpaired) electrons. The van der Waals surface area contributed by atoms with Crippen LogP contribution in [0.1, 0.15) is 36.8 Å². The number of urea groups is 1. The molecule has 7 heteroatoms. The lowest BCUT2D eigenvalue weighted by Gasteiger charge is -2.29. The molecule has 3 heterocycles. The van der Waals surface area contributed by atoms with Crippen LogP contribution in [0.4, 0.5) is 4.79 Å². The van der Waals surface area contributed by atoms with Gasteiger partial charge in [0.15, 0.2) is 0 Å². The van der Waals surface area contributed by atoms with Crippen molar-refractivity contribution in [2.24, 2.45) is 5.10 Å². The van der Waals surface area contributed by atoms with Crippen LogP contribution in [0.2, 0.25) is 0 Å². The van der Waals surface area contributed by atoms with Gasteiger partial charge in [-0.15, -0.1) is 0 Å². The first-order valence-corrected chi connectivity index (χ1v) is 10.5. The van der Waals surface area contributed by atoms with Crippen LogP contribution in [0.5, 0.6) is 11.6 Å². The zero-order valence-corrected chi connectivity index (χ0v) is 17.7. The average molecular weight is 418 g/mol. The molecule has 0 aliphatic carbocycles. The van der Waals surface area contributed by atoms with Gasteiger partial charge in [0.25, 0.3) is 0 Å². The number of nitrogens with zero attached hydrogens (tertiary/aromatic N) is 3. The molecule has 0 atom stereocenters. The molecule has 2 aliphatic heterocycles. The molecule has 7 nitrogen and oxygen atoms in total. The fourth-order valence-electron chi connectivity index (χ4n) is 3.50. The summed E-state index contributed by atoms with van der Waals surface area (Å²) in [6, 6.07) is 11.7. The number of benzene rings is 1. The lowest BCUT2D eigenvalue weighted by atomic mass is 10.0. The van der Waals surface area contributed by atoms with E-state index in [0.29, 0.717) is 31.2 Å². The fraction of sp³-hybridized carbons (Fsp3) is 0.292. The molecule has 2 N–H and O–H groups in total. The molecule has 1 fully saturated rings. The lowest BCUT2D eigenvalue weighted by Crippen LogP contribution is -2.46. The number of amides is 2. The Labute approximate surface area is 182 Å². The van der Waals surface area contributed by atoms with Crippen LogP contribution in [0, 0.1) is 6.92 Å². The number of nitrogens with one attached hydrogen (secondary N) is 2. The van der Waals surface area contributed by atoms with Crippen LogP contribution in [-0.4, -0.2) is 34.8 Å². The minimum Gasteiger partial charge on any atom is -0.439 e. The molecule has 0 saturated carbocycles. The van der Waals surface area contributed by atoms with E-state index in [4.69, 9.17) is 4.74 Å². The molecule has 1 aromatic carbocycles. The van der Waals surface area contributed by atoms with Gasteiger partial charge in [0.05, 0.1) is 0 Å². The van der Waals surface area contributed by atoms with E-state index in [1.807, 2.05) is 42.2 Å². The second-order valence-corrected chi connectivity index (χ2v) is 7.84. The maximum atomic E-state index is 12.5. The number of ether oxygens (including phenoxy) is 1. The standard InChI is InChI=1S/C24H27N5O2/c1-17-6-9-23(25-16-17)31-21-5-3-4-20(15-21)14-19-10-12-29(13-11-19)24(30)26-22-8-7-18(2)27-28-22/h3-6,9,14-16,27H,2,7-8,10-13H2,1H3,(H,26,28,30). The highest BCUT2D eigenvalue weighted by molar-refractivity contribution is 5.97. The van der Waals surface area contributed by atoms with Gasteiger partial charge in [-0.1, -0.05) is 36.4 Å².